The van der Waals surface area contributed by atoms with Crippen LogP contribution in [0.3, 0.4) is 0 Å². The van der Waals surface area contributed by atoms with Crippen LogP contribution in [-0.4, -0.2) is 12.6 Å². The Balaban J connectivity index is 3.56. The molecule has 0 rings (SSSR count). The molecular weight excluding hydrogens is 200 g/mol. The highest BCUT2D eigenvalue weighted by Crippen LogP contribution is 2.01. The van der Waals surface area contributed by atoms with Gasteiger partial charge in [0.2, 0.25) is 0 Å². The van der Waals surface area contributed by atoms with Gasteiger partial charge in [-0.15, -0.1) is 0 Å². The smallest absolute Gasteiger partial charge is 0.145 e. The second kappa shape index (κ2) is 10.1. The van der Waals surface area contributed by atoms with Crippen molar-refractivity contribution in [2.45, 2.75) is 39.5 Å². The summed E-state index contributed by atoms with van der Waals surface area (Å²) >= 11 is 0. The van der Waals surface area contributed by atoms with Crippen molar-refractivity contribution in [3.8, 4) is 0 Å². The van der Waals surface area contributed by atoms with Gasteiger partial charge in [0.1, 0.15) is 12.6 Å². The summed E-state index contributed by atoms with van der Waals surface area (Å²) in [5.74, 6) is 0. The Morgan fingerprint density at radius 2 is 1.12 bits per heavy atom. The molecule has 0 aliphatic carbocycles. The maximum atomic E-state index is 10.3. The van der Waals surface area contributed by atoms with Gasteiger partial charge >= 0.3 is 0 Å². The third kappa shape index (κ3) is 9.13. The number of hydrogen-bond acceptors (Lipinski definition) is 2. The lowest BCUT2D eigenvalue weighted by Gasteiger charge is -1.90. The number of carbonyl (C=O) groups is 2. The summed E-state index contributed by atoms with van der Waals surface area (Å²) < 4.78 is 0. The van der Waals surface area contributed by atoms with Crippen LogP contribution in [0.1, 0.15) is 39.5 Å². The average Bonchev–Trinajstić information content (AvgIpc) is 2.31. The van der Waals surface area contributed by atoms with Gasteiger partial charge in [-0.3, -0.25) is 9.59 Å². The van der Waals surface area contributed by atoms with E-state index in [4.69, 9.17) is 0 Å². The van der Waals surface area contributed by atoms with Crippen LogP contribution in [0.4, 0.5) is 0 Å². The van der Waals surface area contributed by atoms with E-state index in [1.807, 2.05) is 26.0 Å². The fourth-order valence-electron chi connectivity index (χ4n) is 1.15. The molecule has 0 radical (unpaired) electrons. The SMILES string of the molecule is C/C(C=O)=C\CCC=CCC/C=C(\C)C=O. The Bertz CT molecular complexity index is 266. The minimum atomic E-state index is 0.790. The maximum Gasteiger partial charge on any atom is 0.145 e. The molecule has 0 saturated heterocycles. The number of hydrogen-bond donors (Lipinski definition) is 0. The van der Waals surface area contributed by atoms with Crippen LogP contribution in [-0.2, 0) is 9.59 Å². The highest BCUT2D eigenvalue weighted by Gasteiger charge is 1.84. The lowest BCUT2D eigenvalue weighted by Crippen LogP contribution is -1.77. The minimum Gasteiger partial charge on any atom is -0.298 e. The molecule has 0 aromatic carbocycles. The van der Waals surface area contributed by atoms with Crippen LogP contribution in [0.15, 0.2) is 35.5 Å². The molecule has 0 bridgehead atoms. The summed E-state index contributed by atoms with van der Waals surface area (Å²) in [6.45, 7) is 3.62. The van der Waals surface area contributed by atoms with E-state index in [9.17, 15) is 9.59 Å². The second-order valence-electron chi connectivity index (χ2n) is 3.76. The first-order valence-electron chi connectivity index (χ1n) is 5.59. The van der Waals surface area contributed by atoms with Crippen molar-refractivity contribution in [1.82, 2.24) is 0 Å². The zero-order chi connectivity index (χ0) is 12.2. The molecule has 0 fully saturated rings. The first-order valence-corrected chi connectivity index (χ1v) is 5.59. The van der Waals surface area contributed by atoms with E-state index in [2.05, 4.69) is 12.2 Å². The summed E-state index contributed by atoms with van der Waals surface area (Å²) in [5, 5.41) is 0. The van der Waals surface area contributed by atoms with Gasteiger partial charge in [-0.1, -0.05) is 24.3 Å². The topological polar surface area (TPSA) is 34.1 Å². The molecular formula is C14H20O2. The van der Waals surface area contributed by atoms with Gasteiger partial charge in [-0.05, 0) is 50.7 Å². The van der Waals surface area contributed by atoms with Crippen molar-refractivity contribution in [2.24, 2.45) is 0 Å². The van der Waals surface area contributed by atoms with E-state index in [0.29, 0.717) is 0 Å². The van der Waals surface area contributed by atoms with Crippen molar-refractivity contribution in [3.05, 3.63) is 35.5 Å². The molecule has 0 heterocycles. The normalized spacial score (nSPS) is 13.1. The molecule has 0 aromatic rings. The lowest BCUT2D eigenvalue weighted by molar-refractivity contribution is -0.105. The highest BCUT2D eigenvalue weighted by atomic mass is 16.1. The van der Waals surface area contributed by atoms with Gasteiger partial charge < -0.3 is 0 Å². The van der Waals surface area contributed by atoms with Crippen molar-refractivity contribution < 1.29 is 9.59 Å². The monoisotopic (exact) mass is 220 g/mol. The fourth-order valence-corrected chi connectivity index (χ4v) is 1.15. The van der Waals surface area contributed by atoms with E-state index in [-0.39, 0.29) is 0 Å². The molecule has 0 N–H and O–H groups in total. The molecule has 0 aliphatic rings. The lowest BCUT2D eigenvalue weighted by atomic mass is 10.2. The molecule has 2 heteroatoms. The first kappa shape index (κ1) is 14.6. The van der Waals surface area contributed by atoms with Gasteiger partial charge in [0.25, 0.3) is 0 Å². The quantitative estimate of drug-likeness (QED) is 0.272. The van der Waals surface area contributed by atoms with Gasteiger partial charge in [0, 0.05) is 0 Å². The molecule has 0 saturated carbocycles. The summed E-state index contributed by atoms with van der Waals surface area (Å²) in [6.07, 6.45) is 13.6. The van der Waals surface area contributed by atoms with Crippen molar-refractivity contribution >= 4 is 12.6 Å². The van der Waals surface area contributed by atoms with E-state index in [1.165, 1.54) is 0 Å². The minimum absolute atomic E-state index is 0.790. The fraction of sp³-hybridized carbons (Fsp3) is 0.429. The summed E-state index contributed by atoms with van der Waals surface area (Å²) in [6, 6.07) is 0. The number of aldehydes is 2. The molecule has 0 atom stereocenters. The first-order chi connectivity index (χ1) is 7.70. The van der Waals surface area contributed by atoms with Crippen LogP contribution >= 0.6 is 0 Å². The predicted octanol–water partition coefficient (Wildman–Crippen LogP) is 3.39. The Hall–Kier alpha value is -1.44. The maximum absolute atomic E-state index is 10.3. The molecule has 0 amide bonds. The Kier molecular flexibility index (Phi) is 9.18. The Labute approximate surface area is 97.7 Å². The van der Waals surface area contributed by atoms with Gasteiger partial charge in [0.05, 0.1) is 0 Å². The standard InChI is InChI=1S/C14H20O2/c1-13(11-15)9-7-5-3-4-6-8-10-14(2)12-16/h3-4,9-12H,5-8H2,1-2H3/b4-3?,13-9+,14-10+. The van der Waals surface area contributed by atoms with Crippen molar-refractivity contribution in [3.63, 3.8) is 0 Å². The Morgan fingerprint density at radius 1 is 0.750 bits per heavy atom. The summed E-state index contributed by atoms with van der Waals surface area (Å²) in [5.41, 5.74) is 1.58. The number of carbonyl (C=O) groups excluding carboxylic acids is 2. The summed E-state index contributed by atoms with van der Waals surface area (Å²) in [4.78, 5) is 20.6. The van der Waals surface area contributed by atoms with E-state index in [1.54, 1.807) is 0 Å². The zero-order valence-electron chi connectivity index (χ0n) is 10.1. The van der Waals surface area contributed by atoms with Crippen molar-refractivity contribution in [1.29, 1.82) is 0 Å². The van der Waals surface area contributed by atoms with Crippen LogP contribution in [0.25, 0.3) is 0 Å². The largest absolute Gasteiger partial charge is 0.298 e. The van der Waals surface area contributed by atoms with Gasteiger partial charge in [-0.2, -0.15) is 0 Å². The van der Waals surface area contributed by atoms with Crippen LogP contribution < -0.4 is 0 Å². The van der Waals surface area contributed by atoms with Crippen LogP contribution in [0.2, 0.25) is 0 Å². The molecule has 0 aliphatic heterocycles. The van der Waals surface area contributed by atoms with Crippen molar-refractivity contribution in [2.75, 3.05) is 0 Å². The number of unbranched alkanes of at least 4 members (excludes halogenated alkanes) is 2. The third-order valence-electron chi connectivity index (χ3n) is 2.14. The predicted molar refractivity (Wildman–Crippen MR) is 67.3 cm³/mol. The third-order valence-corrected chi connectivity index (χ3v) is 2.14. The Morgan fingerprint density at radius 3 is 1.44 bits per heavy atom. The van der Waals surface area contributed by atoms with E-state index in [0.717, 1.165) is 49.4 Å². The molecule has 2 nitrogen and oxygen atoms in total. The van der Waals surface area contributed by atoms with Gasteiger partial charge in [0.15, 0.2) is 0 Å². The van der Waals surface area contributed by atoms with Crippen LogP contribution in [0.5, 0.6) is 0 Å². The van der Waals surface area contributed by atoms with Gasteiger partial charge in [-0.25, -0.2) is 0 Å². The average molecular weight is 220 g/mol. The summed E-state index contributed by atoms with van der Waals surface area (Å²) in [7, 11) is 0. The molecule has 0 spiro atoms. The molecule has 0 unspecified atom stereocenters. The van der Waals surface area contributed by atoms with E-state index < -0.39 is 0 Å². The molecule has 16 heavy (non-hydrogen) atoms. The zero-order valence-corrected chi connectivity index (χ0v) is 10.1. The molecule has 88 valence electrons. The number of rotatable bonds is 8. The second-order valence-corrected chi connectivity index (χ2v) is 3.76. The molecule has 0 aromatic heterocycles. The number of allylic oxidation sites excluding steroid dienone is 6. The highest BCUT2D eigenvalue weighted by molar-refractivity contribution is 5.72. The van der Waals surface area contributed by atoms with E-state index >= 15 is 0 Å². The van der Waals surface area contributed by atoms with Crippen LogP contribution in [0, 0.1) is 0 Å².